The molecule has 0 saturated carbocycles. The molecule has 0 spiro atoms. The van der Waals surface area contributed by atoms with Crippen LogP contribution in [0, 0.1) is 0 Å². The average molecular weight is 258 g/mol. The molecule has 1 unspecified atom stereocenters. The highest BCUT2D eigenvalue weighted by molar-refractivity contribution is 5.84. The second kappa shape index (κ2) is 4.42. The first kappa shape index (κ1) is 11.8. The summed E-state index contributed by atoms with van der Waals surface area (Å²) < 4.78 is 0. The van der Waals surface area contributed by atoms with E-state index in [0.717, 1.165) is 17.6 Å². The van der Waals surface area contributed by atoms with Gasteiger partial charge in [-0.05, 0) is 31.4 Å². The van der Waals surface area contributed by atoms with Crippen molar-refractivity contribution in [1.29, 1.82) is 0 Å². The highest BCUT2D eigenvalue weighted by atomic mass is 16.4. The Labute approximate surface area is 109 Å². The van der Waals surface area contributed by atoms with Gasteiger partial charge in [-0.2, -0.15) is 0 Å². The van der Waals surface area contributed by atoms with E-state index in [-0.39, 0.29) is 5.43 Å². The monoisotopic (exact) mass is 258 g/mol. The maximum Gasteiger partial charge on any atom is 0.326 e. The van der Waals surface area contributed by atoms with Crippen LogP contribution >= 0.6 is 0 Å². The Kier molecular flexibility index (Phi) is 2.74. The number of para-hydroxylation sites is 1. The number of carboxylic acid groups (broad SMARTS) is 1. The molecule has 0 saturated heterocycles. The first-order valence-corrected chi connectivity index (χ1v) is 6.30. The topological polar surface area (TPSA) is 82.2 Å². The van der Waals surface area contributed by atoms with Crippen LogP contribution in [0.4, 0.5) is 5.69 Å². The molecule has 2 heterocycles. The summed E-state index contributed by atoms with van der Waals surface area (Å²) in [5.41, 5.74) is 1.87. The zero-order valence-electron chi connectivity index (χ0n) is 10.3. The maximum absolute atomic E-state index is 12.4. The van der Waals surface area contributed by atoms with Crippen LogP contribution in [0.2, 0.25) is 0 Å². The van der Waals surface area contributed by atoms with E-state index < -0.39 is 12.0 Å². The van der Waals surface area contributed by atoms with E-state index in [1.165, 1.54) is 0 Å². The Hall–Kier alpha value is -2.30. The number of fused-ring (bicyclic) bond motifs is 2. The summed E-state index contributed by atoms with van der Waals surface area (Å²) in [5, 5.41) is 12.6. The van der Waals surface area contributed by atoms with Crippen molar-refractivity contribution in [2.75, 3.05) is 5.32 Å². The number of aliphatic carboxylic acids is 1. The zero-order valence-corrected chi connectivity index (χ0v) is 10.3. The number of aromatic amines is 1. The van der Waals surface area contributed by atoms with Crippen LogP contribution in [-0.4, -0.2) is 22.1 Å². The standard InChI is InChI=1S/C14H14N2O3/c17-13-8-4-1-2-5-9(8)15-10-6-3-7-11(14(18)19)16-12(10)13/h1-2,4-5,11,16H,3,6-7H2,(H,15,17)(H,18,19). The molecule has 3 rings (SSSR count). The predicted octanol–water partition coefficient (Wildman–Crippen LogP) is 1.73. The summed E-state index contributed by atoms with van der Waals surface area (Å²) in [7, 11) is 0. The Morgan fingerprint density at radius 3 is 2.89 bits per heavy atom. The van der Waals surface area contributed by atoms with Crippen LogP contribution in [-0.2, 0) is 11.2 Å². The third-order valence-electron chi connectivity index (χ3n) is 3.52. The van der Waals surface area contributed by atoms with Gasteiger partial charge in [0, 0.05) is 16.6 Å². The number of nitrogens with one attached hydrogen (secondary N) is 2. The molecule has 5 nitrogen and oxygen atoms in total. The van der Waals surface area contributed by atoms with Gasteiger partial charge in [0.05, 0.1) is 0 Å². The number of rotatable bonds is 1. The number of hydrogen-bond donors (Lipinski definition) is 3. The van der Waals surface area contributed by atoms with Gasteiger partial charge in [-0.3, -0.25) is 4.79 Å². The van der Waals surface area contributed by atoms with E-state index in [4.69, 9.17) is 5.11 Å². The maximum atomic E-state index is 12.4. The molecule has 0 bridgehead atoms. The molecule has 0 radical (unpaired) electrons. The second-order valence-corrected chi connectivity index (χ2v) is 4.78. The van der Waals surface area contributed by atoms with E-state index in [0.29, 0.717) is 23.9 Å². The largest absolute Gasteiger partial charge is 0.480 e. The smallest absolute Gasteiger partial charge is 0.326 e. The number of aryl methyl sites for hydroxylation is 1. The molecule has 0 fully saturated rings. The van der Waals surface area contributed by atoms with E-state index in [1.54, 1.807) is 12.1 Å². The molecule has 19 heavy (non-hydrogen) atoms. The quantitative estimate of drug-likeness (QED) is 0.727. The number of benzene rings is 1. The van der Waals surface area contributed by atoms with Gasteiger partial charge in [0.25, 0.3) is 0 Å². The van der Waals surface area contributed by atoms with Crippen LogP contribution in [0.25, 0.3) is 10.9 Å². The van der Waals surface area contributed by atoms with Crippen molar-refractivity contribution in [3.63, 3.8) is 0 Å². The van der Waals surface area contributed by atoms with E-state index in [2.05, 4.69) is 10.3 Å². The minimum atomic E-state index is -0.916. The fraction of sp³-hybridized carbons (Fsp3) is 0.286. The zero-order chi connectivity index (χ0) is 13.4. The van der Waals surface area contributed by atoms with Crippen molar-refractivity contribution >= 4 is 22.6 Å². The fourth-order valence-corrected chi connectivity index (χ4v) is 2.54. The SMILES string of the molecule is O=C(O)C1CCCc2[nH]c3ccccc3c(=O)c2N1. The van der Waals surface area contributed by atoms with Crippen molar-refractivity contribution in [1.82, 2.24) is 4.98 Å². The lowest BCUT2D eigenvalue weighted by atomic mass is 10.1. The third-order valence-corrected chi connectivity index (χ3v) is 3.52. The molecule has 5 heteroatoms. The van der Waals surface area contributed by atoms with Crippen molar-refractivity contribution < 1.29 is 9.90 Å². The minimum absolute atomic E-state index is 0.127. The number of anilines is 1. The van der Waals surface area contributed by atoms with E-state index in [9.17, 15) is 9.59 Å². The Balaban J connectivity index is 2.20. The van der Waals surface area contributed by atoms with E-state index in [1.807, 2.05) is 12.1 Å². The molecule has 3 N–H and O–H groups in total. The summed E-state index contributed by atoms with van der Waals surface area (Å²) in [6, 6.07) is 6.58. The van der Waals surface area contributed by atoms with Crippen molar-refractivity contribution in [2.24, 2.45) is 0 Å². The lowest BCUT2D eigenvalue weighted by Gasteiger charge is -2.13. The number of carboxylic acids is 1. The molecule has 1 aliphatic heterocycles. The molecule has 2 aromatic rings. The third kappa shape index (κ3) is 1.97. The molecule has 0 amide bonds. The van der Waals surface area contributed by atoms with Crippen LogP contribution in [0.15, 0.2) is 29.1 Å². The molecule has 98 valence electrons. The predicted molar refractivity (Wildman–Crippen MR) is 72.6 cm³/mol. The number of carbonyl (C=O) groups is 1. The van der Waals surface area contributed by atoms with Gasteiger partial charge in [0.15, 0.2) is 0 Å². The molecule has 1 aromatic carbocycles. The molecule has 1 aliphatic rings. The van der Waals surface area contributed by atoms with Gasteiger partial charge in [0.1, 0.15) is 11.7 Å². The second-order valence-electron chi connectivity index (χ2n) is 4.78. The van der Waals surface area contributed by atoms with Crippen LogP contribution in [0.3, 0.4) is 0 Å². The average Bonchev–Trinajstić information content (AvgIpc) is 2.62. The summed E-state index contributed by atoms with van der Waals surface area (Å²) in [4.78, 5) is 26.8. The summed E-state index contributed by atoms with van der Waals surface area (Å²) in [5.74, 6) is -0.916. The summed E-state index contributed by atoms with van der Waals surface area (Å²) >= 11 is 0. The summed E-state index contributed by atoms with van der Waals surface area (Å²) in [6.45, 7) is 0. The van der Waals surface area contributed by atoms with Crippen LogP contribution in [0.1, 0.15) is 18.5 Å². The van der Waals surface area contributed by atoms with Gasteiger partial charge in [-0.15, -0.1) is 0 Å². The number of aromatic nitrogens is 1. The molecular formula is C14H14N2O3. The van der Waals surface area contributed by atoms with Crippen LogP contribution < -0.4 is 10.7 Å². The lowest BCUT2D eigenvalue weighted by molar-refractivity contribution is -0.138. The first-order valence-electron chi connectivity index (χ1n) is 6.30. The molecule has 1 atom stereocenters. The normalized spacial score (nSPS) is 18.4. The molecule has 0 aliphatic carbocycles. The molecule has 1 aromatic heterocycles. The van der Waals surface area contributed by atoms with E-state index >= 15 is 0 Å². The van der Waals surface area contributed by atoms with Gasteiger partial charge in [-0.1, -0.05) is 12.1 Å². The number of hydrogen-bond acceptors (Lipinski definition) is 3. The van der Waals surface area contributed by atoms with Gasteiger partial charge in [0.2, 0.25) is 5.43 Å². The van der Waals surface area contributed by atoms with Crippen LogP contribution in [0.5, 0.6) is 0 Å². The Bertz CT molecular complexity index is 705. The van der Waals surface area contributed by atoms with Gasteiger partial charge < -0.3 is 15.4 Å². The highest BCUT2D eigenvalue weighted by Crippen LogP contribution is 2.22. The van der Waals surface area contributed by atoms with Gasteiger partial charge >= 0.3 is 5.97 Å². The van der Waals surface area contributed by atoms with Crippen molar-refractivity contribution in [3.05, 3.63) is 40.2 Å². The Morgan fingerprint density at radius 2 is 2.11 bits per heavy atom. The van der Waals surface area contributed by atoms with Crippen molar-refractivity contribution in [3.8, 4) is 0 Å². The lowest BCUT2D eigenvalue weighted by Crippen LogP contribution is -2.30. The Morgan fingerprint density at radius 1 is 1.32 bits per heavy atom. The molecular weight excluding hydrogens is 244 g/mol. The minimum Gasteiger partial charge on any atom is -0.480 e. The van der Waals surface area contributed by atoms with Gasteiger partial charge in [-0.25, -0.2) is 4.79 Å². The number of pyridine rings is 1. The first-order chi connectivity index (χ1) is 9.16. The van der Waals surface area contributed by atoms with Crippen molar-refractivity contribution in [2.45, 2.75) is 25.3 Å². The highest BCUT2D eigenvalue weighted by Gasteiger charge is 2.24. The fourth-order valence-electron chi connectivity index (χ4n) is 2.54. The number of H-pyrrole nitrogens is 1. The summed E-state index contributed by atoms with van der Waals surface area (Å²) in [6.07, 6.45) is 1.95.